The summed E-state index contributed by atoms with van der Waals surface area (Å²) in [4.78, 5) is 0.406. The van der Waals surface area contributed by atoms with E-state index in [4.69, 9.17) is 0 Å². The summed E-state index contributed by atoms with van der Waals surface area (Å²) in [7, 11) is -1.49. The van der Waals surface area contributed by atoms with Crippen molar-refractivity contribution in [2.24, 2.45) is 7.05 Å². The number of sulfone groups is 1. The number of fused-ring (bicyclic) bond motifs is 1. The van der Waals surface area contributed by atoms with Crippen molar-refractivity contribution in [3.63, 3.8) is 0 Å². The Morgan fingerprint density at radius 2 is 1.67 bits per heavy atom. The first kappa shape index (κ1) is 13.9. The molecule has 0 N–H and O–H groups in total. The molecule has 1 aromatic heterocycles. The first-order chi connectivity index (χ1) is 9.99. The molecule has 0 atom stereocenters. The molecule has 0 amide bonds. The topological polar surface area (TPSA) is 39.1 Å². The predicted molar refractivity (Wildman–Crippen MR) is 85.0 cm³/mol. The largest absolute Gasteiger partial charge is 0.349 e. The lowest BCUT2D eigenvalue weighted by Crippen LogP contribution is -2.05. The molecular formula is C17H17NO2S. The Morgan fingerprint density at radius 3 is 2.43 bits per heavy atom. The summed E-state index contributed by atoms with van der Waals surface area (Å²) in [6.07, 6.45) is 1.71. The fourth-order valence-corrected chi connectivity index (χ4v) is 4.32. The van der Waals surface area contributed by atoms with Crippen molar-refractivity contribution >= 4 is 20.7 Å². The van der Waals surface area contributed by atoms with E-state index < -0.39 is 9.84 Å². The number of hydrogen-bond donors (Lipinski definition) is 0. The molecule has 0 aliphatic carbocycles. The molecule has 0 saturated carbocycles. The van der Waals surface area contributed by atoms with Gasteiger partial charge < -0.3 is 4.57 Å². The van der Waals surface area contributed by atoms with Crippen LogP contribution in [0.5, 0.6) is 0 Å². The minimum Gasteiger partial charge on any atom is -0.349 e. The average Bonchev–Trinajstić information content (AvgIpc) is 2.80. The summed E-state index contributed by atoms with van der Waals surface area (Å²) in [6, 6.07) is 15.2. The molecule has 2 aromatic carbocycles. The lowest BCUT2D eigenvalue weighted by molar-refractivity contribution is 0.595. The van der Waals surface area contributed by atoms with Crippen molar-refractivity contribution in [3.8, 4) is 0 Å². The number of hydrogen-bond acceptors (Lipinski definition) is 2. The fraction of sp³-hybridized carbons (Fsp3) is 0.176. The van der Waals surface area contributed by atoms with Gasteiger partial charge in [-0.1, -0.05) is 42.5 Å². The lowest BCUT2D eigenvalue weighted by Gasteiger charge is -2.06. The Bertz CT molecular complexity index is 907. The lowest BCUT2D eigenvalue weighted by atomic mass is 10.1. The number of benzene rings is 2. The molecule has 0 fully saturated rings. The highest BCUT2D eigenvalue weighted by molar-refractivity contribution is 7.90. The molecule has 0 aliphatic heterocycles. The highest BCUT2D eigenvalue weighted by Gasteiger charge is 2.21. The average molecular weight is 299 g/mol. The number of aryl methyl sites for hydroxylation is 2. The molecule has 0 aliphatic rings. The second-order valence-corrected chi connectivity index (χ2v) is 7.26. The van der Waals surface area contributed by atoms with Crippen LogP contribution >= 0.6 is 0 Å². The molecule has 0 radical (unpaired) electrons. The molecule has 0 bridgehead atoms. The summed E-state index contributed by atoms with van der Waals surface area (Å²) < 4.78 is 27.4. The van der Waals surface area contributed by atoms with Gasteiger partial charge in [-0.05, 0) is 24.1 Å². The van der Waals surface area contributed by atoms with E-state index in [-0.39, 0.29) is 5.75 Å². The summed E-state index contributed by atoms with van der Waals surface area (Å²) in [5, 5.41) is 0.786. The van der Waals surface area contributed by atoms with Crippen molar-refractivity contribution in [2.75, 3.05) is 0 Å². The minimum atomic E-state index is -3.36. The Morgan fingerprint density at radius 1 is 1.00 bits per heavy atom. The van der Waals surface area contributed by atoms with E-state index in [1.807, 2.05) is 67.1 Å². The molecule has 3 rings (SSSR count). The maximum absolute atomic E-state index is 12.8. The van der Waals surface area contributed by atoms with Crippen molar-refractivity contribution in [1.29, 1.82) is 0 Å². The first-order valence-electron chi connectivity index (χ1n) is 6.80. The van der Waals surface area contributed by atoms with Gasteiger partial charge in [0.05, 0.1) is 10.6 Å². The predicted octanol–water partition coefficient (Wildman–Crippen LogP) is 3.46. The molecule has 0 saturated heterocycles. The van der Waals surface area contributed by atoms with Crippen molar-refractivity contribution < 1.29 is 8.42 Å². The summed E-state index contributed by atoms with van der Waals surface area (Å²) in [6.45, 7) is 1.94. The fourth-order valence-electron chi connectivity index (χ4n) is 2.61. The maximum Gasteiger partial charge on any atom is 0.184 e. The second-order valence-electron chi connectivity index (χ2n) is 5.31. The third kappa shape index (κ3) is 2.47. The molecule has 4 heteroatoms. The molecule has 1 heterocycles. The molecule has 3 nitrogen and oxygen atoms in total. The van der Waals surface area contributed by atoms with Crippen LogP contribution in [-0.2, 0) is 22.6 Å². The van der Waals surface area contributed by atoms with Gasteiger partial charge in [0.2, 0.25) is 0 Å². The quantitative estimate of drug-likeness (QED) is 0.743. The highest BCUT2D eigenvalue weighted by atomic mass is 32.2. The van der Waals surface area contributed by atoms with Crippen molar-refractivity contribution in [2.45, 2.75) is 17.6 Å². The van der Waals surface area contributed by atoms with E-state index in [1.165, 1.54) is 0 Å². The summed E-state index contributed by atoms with van der Waals surface area (Å²) in [5.41, 5.74) is 2.78. The van der Waals surface area contributed by atoms with Gasteiger partial charge in [0.15, 0.2) is 9.84 Å². The summed E-state index contributed by atoms with van der Waals surface area (Å²) in [5.74, 6) is 0.0354. The van der Waals surface area contributed by atoms with Gasteiger partial charge >= 0.3 is 0 Å². The smallest absolute Gasteiger partial charge is 0.184 e. The molecule has 0 unspecified atom stereocenters. The van der Waals surface area contributed by atoms with Gasteiger partial charge in [-0.25, -0.2) is 8.42 Å². The van der Waals surface area contributed by atoms with E-state index in [9.17, 15) is 8.42 Å². The standard InChI is InChI=1S/C17H17NO2S/c1-13-7-3-4-8-14(13)12-21(19,20)17-11-18(2)16-10-6-5-9-15(16)17/h3-11H,12H2,1-2H3. The zero-order chi connectivity index (χ0) is 15.0. The van der Waals surface area contributed by atoms with Crippen LogP contribution in [0.4, 0.5) is 0 Å². The SMILES string of the molecule is Cc1ccccc1CS(=O)(=O)c1cn(C)c2ccccc12. The third-order valence-corrected chi connectivity index (χ3v) is 5.49. The Hall–Kier alpha value is -2.07. The van der Waals surface area contributed by atoms with Gasteiger partial charge in [0.25, 0.3) is 0 Å². The van der Waals surface area contributed by atoms with Gasteiger partial charge in [-0.2, -0.15) is 0 Å². The Labute approximate surface area is 124 Å². The molecule has 0 spiro atoms. The number of para-hydroxylation sites is 1. The van der Waals surface area contributed by atoms with Crippen molar-refractivity contribution in [1.82, 2.24) is 4.57 Å². The van der Waals surface area contributed by atoms with Crippen LogP contribution in [0.3, 0.4) is 0 Å². The van der Waals surface area contributed by atoms with E-state index in [0.717, 1.165) is 22.0 Å². The Balaban J connectivity index is 2.11. The molecule has 21 heavy (non-hydrogen) atoms. The van der Waals surface area contributed by atoms with Crippen LogP contribution in [0, 0.1) is 6.92 Å². The van der Waals surface area contributed by atoms with Crippen LogP contribution in [0.15, 0.2) is 59.6 Å². The number of rotatable bonds is 3. The zero-order valence-electron chi connectivity index (χ0n) is 12.1. The molecule has 108 valence electrons. The molecular weight excluding hydrogens is 282 g/mol. The van der Waals surface area contributed by atoms with Crippen LogP contribution in [0.25, 0.3) is 10.9 Å². The molecule has 3 aromatic rings. The van der Waals surface area contributed by atoms with Gasteiger partial charge in [-0.3, -0.25) is 0 Å². The maximum atomic E-state index is 12.8. The third-order valence-electron chi connectivity index (χ3n) is 3.80. The van der Waals surface area contributed by atoms with Crippen LogP contribution in [0.2, 0.25) is 0 Å². The monoisotopic (exact) mass is 299 g/mol. The van der Waals surface area contributed by atoms with Crippen LogP contribution < -0.4 is 0 Å². The van der Waals surface area contributed by atoms with E-state index in [0.29, 0.717) is 4.90 Å². The summed E-state index contributed by atoms with van der Waals surface area (Å²) >= 11 is 0. The zero-order valence-corrected chi connectivity index (χ0v) is 12.9. The highest BCUT2D eigenvalue weighted by Crippen LogP contribution is 2.27. The Kier molecular flexibility index (Phi) is 3.33. The van der Waals surface area contributed by atoms with Gasteiger partial charge in [0.1, 0.15) is 0 Å². The van der Waals surface area contributed by atoms with Gasteiger partial charge in [-0.15, -0.1) is 0 Å². The van der Waals surface area contributed by atoms with E-state index >= 15 is 0 Å². The number of aromatic nitrogens is 1. The normalized spacial score (nSPS) is 11.9. The van der Waals surface area contributed by atoms with Gasteiger partial charge in [0, 0.05) is 24.1 Å². The minimum absolute atomic E-state index is 0.0354. The van der Waals surface area contributed by atoms with Crippen LogP contribution in [-0.4, -0.2) is 13.0 Å². The van der Waals surface area contributed by atoms with Crippen LogP contribution in [0.1, 0.15) is 11.1 Å². The van der Waals surface area contributed by atoms with E-state index in [1.54, 1.807) is 6.20 Å². The first-order valence-corrected chi connectivity index (χ1v) is 8.45. The van der Waals surface area contributed by atoms with E-state index in [2.05, 4.69) is 0 Å². The second kappa shape index (κ2) is 5.04. The number of nitrogens with zero attached hydrogens (tertiary/aromatic N) is 1. The van der Waals surface area contributed by atoms with Crippen molar-refractivity contribution in [3.05, 3.63) is 65.9 Å².